The number of benzene rings is 1. The van der Waals surface area contributed by atoms with Gasteiger partial charge in [-0.15, -0.1) is 0 Å². The van der Waals surface area contributed by atoms with Crippen LogP contribution in [0.1, 0.15) is 38.3 Å². The molecular weight excluding hydrogens is 431 g/mol. The van der Waals surface area contributed by atoms with Crippen molar-refractivity contribution in [1.82, 2.24) is 10.6 Å². The van der Waals surface area contributed by atoms with Crippen molar-refractivity contribution in [2.24, 2.45) is 5.41 Å². The summed E-state index contributed by atoms with van der Waals surface area (Å²) in [4.78, 5) is 37.6. The summed E-state index contributed by atoms with van der Waals surface area (Å²) in [6.07, 6.45) is 1.28. The van der Waals surface area contributed by atoms with Gasteiger partial charge in [0.15, 0.2) is 5.41 Å². The number of halogens is 2. The average molecular weight is 457 g/mol. The molecule has 1 heterocycles. The first-order chi connectivity index (χ1) is 14.7. The van der Waals surface area contributed by atoms with Crippen molar-refractivity contribution >= 4 is 29.4 Å². The van der Waals surface area contributed by atoms with Gasteiger partial charge in [0.1, 0.15) is 11.6 Å². The third kappa shape index (κ3) is 6.18. The number of rotatable bonds is 8. The molecule has 0 unspecified atom stereocenters. The molecule has 0 bridgehead atoms. The van der Waals surface area contributed by atoms with Crippen LogP contribution in [-0.2, 0) is 28.6 Å². The van der Waals surface area contributed by atoms with E-state index in [9.17, 15) is 18.8 Å². The highest BCUT2D eigenvalue weighted by atomic mass is 35.5. The zero-order valence-electron chi connectivity index (χ0n) is 17.6. The van der Waals surface area contributed by atoms with E-state index in [0.717, 1.165) is 6.08 Å². The van der Waals surface area contributed by atoms with Crippen LogP contribution in [-0.4, -0.2) is 44.8 Å². The molecule has 1 saturated heterocycles. The lowest BCUT2D eigenvalue weighted by Crippen LogP contribution is -2.51. The van der Waals surface area contributed by atoms with Crippen molar-refractivity contribution in [3.05, 3.63) is 46.5 Å². The van der Waals surface area contributed by atoms with Gasteiger partial charge in [-0.05, 0) is 44.9 Å². The average Bonchev–Trinajstić information content (AvgIpc) is 2.75. The van der Waals surface area contributed by atoms with Gasteiger partial charge < -0.3 is 24.8 Å². The molecule has 10 heteroatoms. The Bertz CT molecular complexity index is 854. The summed E-state index contributed by atoms with van der Waals surface area (Å²) in [7, 11) is 1.20. The number of carbonyl (C=O) groups excluding carboxylic acids is 3. The minimum Gasteiger partial charge on any atom is -0.468 e. The standard InChI is InChI=1S/C21H26ClFN2O6/c1-4-31-18(26)12-17(24-13(2)15-11-14(22)5-6-16(15)23)25-19(27)21(20(28)29-3)7-9-30-10-8-21/h5-6,11-13,24H,4,7-10H2,1-3H3,(H,25,27)/t13-/m0/s1. The molecule has 170 valence electrons. The predicted octanol–water partition coefficient (Wildman–Crippen LogP) is 2.62. The van der Waals surface area contributed by atoms with Crippen molar-refractivity contribution < 1.29 is 33.0 Å². The lowest BCUT2D eigenvalue weighted by atomic mass is 9.79. The molecule has 0 radical (unpaired) electrons. The number of esters is 2. The molecule has 1 aromatic carbocycles. The number of carbonyl (C=O) groups is 3. The number of hydrogen-bond donors (Lipinski definition) is 2. The number of nitrogens with one attached hydrogen (secondary N) is 2. The van der Waals surface area contributed by atoms with Crippen LogP contribution in [0.5, 0.6) is 0 Å². The quantitative estimate of drug-likeness (QED) is 0.352. The molecule has 8 nitrogen and oxygen atoms in total. The Morgan fingerprint density at radius 1 is 1.32 bits per heavy atom. The van der Waals surface area contributed by atoms with Crippen molar-refractivity contribution in [2.45, 2.75) is 32.7 Å². The molecule has 0 spiro atoms. The summed E-state index contributed by atoms with van der Waals surface area (Å²) in [6, 6.07) is 3.39. The zero-order valence-corrected chi connectivity index (χ0v) is 18.4. The van der Waals surface area contributed by atoms with E-state index in [1.165, 1.54) is 25.3 Å². The summed E-state index contributed by atoms with van der Waals surface area (Å²) in [6.45, 7) is 3.80. The van der Waals surface area contributed by atoms with Gasteiger partial charge in [0, 0.05) is 23.8 Å². The summed E-state index contributed by atoms with van der Waals surface area (Å²) >= 11 is 5.96. The molecule has 1 amide bonds. The Morgan fingerprint density at radius 3 is 2.61 bits per heavy atom. The minimum absolute atomic E-state index is 0.0508. The van der Waals surface area contributed by atoms with Crippen LogP contribution in [0.15, 0.2) is 30.1 Å². The molecule has 1 atom stereocenters. The Hall–Kier alpha value is -2.65. The fourth-order valence-corrected chi connectivity index (χ4v) is 3.43. The van der Waals surface area contributed by atoms with Gasteiger partial charge in [-0.2, -0.15) is 0 Å². The lowest BCUT2D eigenvalue weighted by molar-refractivity contribution is -0.165. The second-order valence-corrected chi connectivity index (χ2v) is 7.42. The molecule has 0 aliphatic carbocycles. The van der Waals surface area contributed by atoms with Crippen LogP contribution in [0, 0.1) is 11.2 Å². The van der Waals surface area contributed by atoms with Crippen LogP contribution in [0.4, 0.5) is 4.39 Å². The topological polar surface area (TPSA) is 103 Å². The lowest BCUT2D eigenvalue weighted by Gasteiger charge is -2.33. The van der Waals surface area contributed by atoms with Crippen molar-refractivity contribution in [3.8, 4) is 0 Å². The van der Waals surface area contributed by atoms with Gasteiger partial charge in [-0.1, -0.05) is 11.6 Å². The van der Waals surface area contributed by atoms with Gasteiger partial charge in [0.25, 0.3) is 0 Å². The number of methoxy groups -OCH3 is 1. The molecular formula is C21H26ClFN2O6. The maximum absolute atomic E-state index is 14.2. The maximum atomic E-state index is 14.2. The molecule has 2 rings (SSSR count). The monoisotopic (exact) mass is 456 g/mol. The van der Waals surface area contributed by atoms with Crippen molar-refractivity contribution in [2.75, 3.05) is 26.9 Å². The van der Waals surface area contributed by atoms with Gasteiger partial charge in [0.05, 0.1) is 25.8 Å². The summed E-state index contributed by atoms with van der Waals surface area (Å²) in [5, 5.41) is 5.78. The molecule has 1 aliphatic heterocycles. The third-order valence-electron chi connectivity index (χ3n) is 4.95. The molecule has 0 saturated carbocycles. The molecule has 1 aromatic rings. The molecule has 2 N–H and O–H groups in total. The summed E-state index contributed by atoms with van der Waals surface area (Å²) in [5.74, 6) is -2.64. The number of amides is 1. The number of ether oxygens (including phenoxy) is 3. The Morgan fingerprint density at radius 2 is 2.00 bits per heavy atom. The van der Waals surface area contributed by atoms with E-state index >= 15 is 0 Å². The first kappa shape index (κ1) is 24.6. The summed E-state index contributed by atoms with van der Waals surface area (Å²) < 4.78 is 29.3. The Labute approximate surface area is 185 Å². The second-order valence-electron chi connectivity index (χ2n) is 6.98. The third-order valence-corrected chi connectivity index (χ3v) is 5.19. The smallest absolute Gasteiger partial charge is 0.334 e. The van der Waals surface area contributed by atoms with Crippen LogP contribution in [0.2, 0.25) is 5.02 Å². The SMILES string of the molecule is CCOC(=O)C=C(NC(=O)C1(C(=O)OC)CCOCC1)N[C@@H](C)c1cc(Cl)ccc1F. The zero-order chi connectivity index (χ0) is 23.0. The van der Waals surface area contributed by atoms with Crippen LogP contribution in [0.3, 0.4) is 0 Å². The number of hydrogen-bond acceptors (Lipinski definition) is 7. The van der Waals surface area contributed by atoms with E-state index in [-0.39, 0.29) is 44.0 Å². The summed E-state index contributed by atoms with van der Waals surface area (Å²) in [5.41, 5.74) is -1.24. The van der Waals surface area contributed by atoms with Crippen LogP contribution >= 0.6 is 11.6 Å². The van der Waals surface area contributed by atoms with Crippen LogP contribution in [0.25, 0.3) is 0 Å². The fraction of sp³-hybridized carbons (Fsp3) is 0.476. The highest BCUT2D eigenvalue weighted by molar-refractivity contribution is 6.30. The van der Waals surface area contributed by atoms with E-state index in [1.807, 2.05) is 0 Å². The van der Waals surface area contributed by atoms with Gasteiger partial charge in [-0.25, -0.2) is 9.18 Å². The first-order valence-electron chi connectivity index (χ1n) is 9.81. The molecule has 1 fully saturated rings. The largest absolute Gasteiger partial charge is 0.468 e. The Kier molecular flexibility index (Phi) is 8.82. The van der Waals surface area contributed by atoms with Gasteiger partial charge in [-0.3, -0.25) is 9.59 Å². The normalized spacial score (nSPS) is 16.7. The molecule has 31 heavy (non-hydrogen) atoms. The predicted molar refractivity (Wildman–Crippen MR) is 110 cm³/mol. The van der Waals surface area contributed by atoms with E-state index < -0.39 is 35.1 Å². The van der Waals surface area contributed by atoms with Gasteiger partial charge >= 0.3 is 11.9 Å². The van der Waals surface area contributed by atoms with Gasteiger partial charge in [0.2, 0.25) is 5.91 Å². The maximum Gasteiger partial charge on any atom is 0.334 e. The minimum atomic E-state index is -1.47. The fourth-order valence-electron chi connectivity index (χ4n) is 3.25. The highest BCUT2D eigenvalue weighted by Crippen LogP contribution is 2.32. The van der Waals surface area contributed by atoms with E-state index in [4.69, 9.17) is 25.8 Å². The molecule has 0 aromatic heterocycles. The highest BCUT2D eigenvalue weighted by Gasteiger charge is 2.48. The Balaban J connectivity index is 2.31. The van der Waals surface area contributed by atoms with E-state index in [2.05, 4.69) is 10.6 Å². The van der Waals surface area contributed by atoms with Crippen molar-refractivity contribution in [3.63, 3.8) is 0 Å². The second kappa shape index (κ2) is 11.1. The molecule has 1 aliphatic rings. The van der Waals surface area contributed by atoms with E-state index in [0.29, 0.717) is 5.02 Å². The van der Waals surface area contributed by atoms with E-state index in [1.54, 1.807) is 13.8 Å². The first-order valence-corrected chi connectivity index (χ1v) is 10.2. The van der Waals surface area contributed by atoms with Crippen molar-refractivity contribution in [1.29, 1.82) is 0 Å². The van der Waals surface area contributed by atoms with Crippen LogP contribution < -0.4 is 10.6 Å².